The average Bonchev–Trinajstić information content (AvgIpc) is 2.08. The Hall–Kier alpha value is -0.500. The Morgan fingerprint density at radius 3 is 2.75 bits per heavy atom. The lowest BCUT2D eigenvalue weighted by molar-refractivity contribution is 0.922. The molecular weight excluding hydrogens is 214 g/mol. The first kappa shape index (κ1) is 9.59. The Labute approximate surface area is 82.3 Å². The standard InChI is InChI=1S/C10H14BrN/c1-3-4-8-5-6-9(11)7-10(8)12-2/h5-7,12H,3-4H2,1-2H3. The molecule has 2 heteroatoms. The Morgan fingerprint density at radius 1 is 1.42 bits per heavy atom. The van der Waals surface area contributed by atoms with Gasteiger partial charge in [-0.2, -0.15) is 0 Å². The lowest BCUT2D eigenvalue weighted by Gasteiger charge is -2.07. The fraction of sp³-hybridized carbons (Fsp3) is 0.400. The molecule has 0 aliphatic rings. The zero-order chi connectivity index (χ0) is 8.97. The predicted octanol–water partition coefficient (Wildman–Crippen LogP) is 3.44. The highest BCUT2D eigenvalue weighted by Gasteiger charge is 1.99. The molecule has 0 aliphatic carbocycles. The van der Waals surface area contributed by atoms with E-state index in [1.165, 1.54) is 17.7 Å². The third-order valence-electron chi connectivity index (χ3n) is 1.86. The van der Waals surface area contributed by atoms with Crippen LogP contribution in [0.3, 0.4) is 0 Å². The molecule has 0 saturated heterocycles. The second-order valence-electron chi connectivity index (χ2n) is 2.80. The van der Waals surface area contributed by atoms with Crippen molar-refractivity contribution in [1.29, 1.82) is 0 Å². The zero-order valence-corrected chi connectivity index (χ0v) is 9.11. The fourth-order valence-corrected chi connectivity index (χ4v) is 1.63. The van der Waals surface area contributed by atoms with Crippen molar-refractivity contribution in [3.63, 3.8) is 0 Å². The van der Waals surface area contributed by atoms with Crippen molar-refractivity contribution in [2.45, 2.75) is 19.8 Å². The van der Waals surface area contributed by atoms with Gasteiger partial charge in [-0.05, 0) is 24.1 Å². The Bertz CT molecular complexity index is 258. The molecule has 0 atom stereocenters. The summed E-state index contributed by atoms with van der Waals surface area (Å²) in [5.41, 5.74) is 2.62. The van der Waals surface area contributed by atoms with Crippen LogP contribution in [0.2, 0.25) is 0 Å². The number of halogens is 1. The summed E-state index contributed by atoms with van der Waals surface area (Å²) in [7, 11) is 1.96. The molecule has 1 rings (SSSR count). The van der Waals surface area contributed by atoms with Crippen molar-refractivity contribution in [2.75, 3.05) is 12.4 Å². The summed E-state index contributed by atoms with van der Waals surface area (Å²) in [6.45, 7) is 2.20. The van der Waals surface area contributed by atoms with E-state index in [1.54, 1.807) is 0 Å². The van der Waals surface area contributed by atoms with Gasteiger partial charge in [-0.25, -0.2) is 0 Å². The summed E-state index contributed by atoms with van der Waals surface area (Å²) in [6.07, 6.45) is 2.33. The molecular formula is C10H14BrN. The molecule has 0 unspecified atom stereocenters. The van der Waals surface area contributed by atoms with Crippen LogP contribution >= 0.6 is 15.9 Å². The normalized spacial score (nSPS) is 9.92. The van der Waals surface area contributed by atoms with Crippen LogP contribution in [-0.4, -0.2) is 7.05 Å². The SMILES string of the molecule is CCCc1ccc(Br)cc1NC. The quantitative estimate of drug-likeness (QED) is 0.835. The largest absolute Gasteiger partial charge is 0.388 e. The summed E-state index contributed by atoms with van der Waals surface area (Å²) in [5, 5.41) is 3.19. The van der Waals surface area contributed by atoms with E-state index < -0.39 is 0 Å². The molecule has 66 valence electrons. The number of hydrogen-bond acceptors (Lipinski definition) is 1. The molecule has 1 nitrogen and oxygen atoms in total. The molecule has 0 fully saturated rings. The molecule has 1 N–H and O–H groups in total. The molecule has 1 aromatic rings. The number of aryl methyl sites for hydroxylation is 1. The van der Waals surface area contributed by atoms with Crippen molar-refractivity contribution in [2.24, 2.45) is 0 Å². The van der Waals surface area contributed by atoms with Crippen LogP contribution in [0.5, 0.6) is 0 Å². The van der Waals surface area contributed by atoms with Gasteiger partial charge >= 0.3 is 0 Å². The first-order chi connectivity index (χ1) is 5.77. The molecule has 0 spiro atoms. The molecule has 0 saturated carbocycles. The summed E-state index contributed by atoms with van der Waals surface area (Å²) < 4.78 is 1.13. The smallest absolute Gasteiger partial charge is 0.0381 e. The van der Waals surface area contributed by atoms with E-state index in [0.717, 1.165) is 10.9 Å². The molecule has 0 bridgehead atoms. The second kappa shape index (κ2) is 4.51. The van der Waals surface area contributed by atoms with Crippen LogP contribution < -0.4 is 5.32 Å². The maximum Gasteiger partial charge on any atom is 0.0381 e. The van der Waals surface area contributed by atoms with Gasteiger partial charge in [0.2, 0.25) is 0 Å². The number of hydrogen-bond donors (Lipinski definition) is 1. The molecule has 0 heterocycles. The monoisotopic (exact) mass is 227 g/mol. The number of nitrogens with one attached hydrogen (secondary N) is 1. The average molecular weight is 228 g/mol. The van der Waals surface area contributed by atoms with Gasteiger partial charge in [-0.1, -0.05) is 35.3 Å². The Kier molecular flexibility index (Phi) is 3.60. The van der Waals surface area contributed by atoms with Crippen molar-refractivity contribution in [3.8, 4) is 0 Å². The van der Waals surface area contributed by atoms with Crippen LogP contribution in [0.4, 0.5) is 5.69 Å². The van der Waals surface area contributed by atoms with E-state index in [2.05, 4.69) is 46.4 Å². The minimum Gasteiger partial charge on any atom is -0.388 e. The third kappa shape index (κ3) is 2.24. The van der Waals surface area contributed by atoms with Crippen LogP contribution in [0.25, 0.3) is 0 Å². The highest BCUT2D eigenvalue weighted by atomic mass is 79.9. The van der Waals surface area contributed by atoms with Gasteiger partial charge in [-0.15, -0.1) is 0 Å². The van der Waals surface area contributed by atoms with Gasteiger partial charge in [-0.3, -0.25) is 0 Å². The van der Waals surface area contributed by atoms with Gasteiger partial charge in [0.1, 0.15) is 0 Å². The van der Waals surface area contributed by atoms with Gasteiger partial charge in [0.25, 0.3) is 0 Å². The molecule has 0 radical (unpaired) electrons. The fourth-order valence-electron chi connectivity index (χ4n) is 1.27. The number of rotatable bonds is 3. The topological polar surface area (TPSA) is 12.0 Å². The van der Waals surface area contributed by atoms with E-state index in [4.69, 9.17) is 0 Å². The second-order valence-corrected chi connectivity index (χ2v) is 3.72. The maximum absolute atomic E-state index is 3.45. The van der Waals surface area contributed by atoms with E-state index in [1.807, 2.05) is 7.05 Å². The third-order valence-corrected chi connectivity index (χ3v) is 2.35. The number of anilines is 1. The first-order valence-electron chi connectivity index (χ1n) is 4.24. The van der Waals surface area contributed by atoms with E-state index in [-0.39, 0.29) is 0 Å². The first-order valence-corrected chi connectivity index (χ1v) is 5.03. The van der Waals surface area contributed by atoms with E-state index in [0.29, 0.717) is 0 Å². The molecule has 0 amide bonds. The highest BCUT2D eigenvalue weighted by Crippen LogP contribution is 2.21. The van der Waals surface area contributed by atoms with Gasteiger partial charge in [0.05, 0.1) is 0 Å². The molecule has 0 aromatic heterocycles. The lowest BCUT2D eigenvalue weighted by atomic mass is 10.1. The minimum atomic E-state index is 1.13. The van der Waals surface area contributed by atoms with Gasteiger partial charge in [0.15, 0.2) is 0 Å². The van der Waals surface area contributed by atoms with E-state index >= 15 is 0 Å². The Morgan fingerprint density at radius 2 is 2.17 bits per heavy atom. The van der Waals surface area contributed by atoms with Gasteiger partial charge in [0, 0.05) is 17.2 Å². The van der Waals surface area contributed by atoms with Crippen molar-refractivity contribution < 1.29 is 0 Å². The van der Waals surface area contributed by atoms with Crippen LogP contribution in [0, 0.1) is 0 Å². The highest BCUT2D eigenvalue weighted by molar-refractivity contribution is 9.10. The van der Waals surface area contributed by atoms with Gasteiger partial charge < -0.3 is 5.32 Å². The maximum atomic E-state index is 3.45. The summed E-state index contributed by atoms with van der Waals surface area (Å²) in [4.78, 5) is 0. The van der Waals surface area contributed by atoms with Crippen molar-refractivity contribution >= 4 is 21.6 Å². The van der Waals surface area contributed by atoms with Crippen molar-refractivity contribution in [1.82, 2.24) is 0 Å². The zero-order valence-electron chi connectivity index (χ0n) is 7.52. The summed E-state index contributed by atoms with van der Waals surface area (Å²) in [6, 6.07) is 6.37. The molecule has 1 aromatic carbocycles. The molecule has 12 heavy (non-hydrogen) atoms. The lowest BCUT2D eigenvalue weighted by Crippen LogP contribution is -1.94. The van der Waals surface area contributed by atoms with Crippen LogP contribution in [0.15, 0.2) is 22.7 Å². The Balaban J connectivity index is 2.94. The predicted molar refractivity (Wildman–Crippen MR) is 57.7 cm³/mol. The minimum absolute atomic E-state index is 1.13. The van der Waals surface area contributed by atoms with Crippen molar-refractivity contribution in [3.05, 3.63) is 28.2 Å². The summed E-state index contributed by atoms with van der Waals surface area (Å²) >= 11 is 3.45. The van der Waals surface area contributed by atoms with Crippen LogP contribution in [-0.2, 0) is 6.42 Å². The van der Waals surface area contributed by atoms with E-state index in [9.17, 15) is 0 Å². The molecule has 0 aliphatic heterocycles. The van der Waals surface area contributed by atoms with Crippen LogP contribution in [0.1, 0.15) is 18.9 Å². The number of benzene rings is 1. The summed E-state index contributed by atoms with van der Waals surface area (Å²) in [5.74, 6) is 0.